The van der Waals surface area contributed by atoms with Gasteiger partial charge in [0.05, 0.1) is 6.30 Å². The molecule has 1 heterocycles. The molecule has 1 rings (SSSR count). The van der Waals surface area contributed by atoms with Crippen LogP contribution in [0.15, 0.2) is 0 Å². The fraction of sp³-hybridized carbons (Fsp3) is 0.714. The summed E-state index contributed by atoms with van der Waals surface area (Å²) in [5.74, 6) is 0. The molecule has 1 aliphatic heterocycles. The lowest BCUT2D eigenvalue weighted by Crippen LogP contribution is -2.44. The lowest BCUT2D eigenvalue weighted by atomic mass is 10.4. The summed E-state index contributed by atoms with van der Waals surface area (Å²) in [4.78, 5) is 13.3. The first kappa shape index (κ1) is 8.69. The van der Waals surface area contributed by atoms with Crippen LogP contribution in [0, 0.1) is 0 Å². The van der Waals surface area contributed by atoms with Crippen LogP contribution < -0.4 is 5.32 Å². The van der Waals surface area contributed by atoms with E-state index in [9.17, 15) is 4.79 Å². The van der Waals surface area contributed by atoms with Crippen molar-refractivity contribution >= 4 is 19.5 Å². The minimum atomic E-state index is -0.675. The molecule has 3 nitrogen and oxygen atoms in total. The van der Waals surface area contributed by atoms with Gasteiger partial charge in [0.15, 0.2) is 7.55 Å². The van der Waals surface area contributed by atoms with E-state index < -0.39 is 7.55 Å². The first-order valence-corrected chi connectivity index (χ1v) is 5.73. The second-order valence-corrected chi connectivity index (χ2v) is 4.50. The molecule has 1 atom stereocenters. The number of nitrogens with one attached hydrogen (secondary N) is 1. The number of hydrogen-bond donors (Lipinski definition) is 1. The van der Waals surface area contributed by atoms with E-state index in [1.54, 1.807) is 0 Å². The Balaban J connectivity index is 2.45. The van der Waals surface area contributed by atoms with Gasteiger partial charge in [0, 0.05) is 26.2 Å². The van der Waals surface area contributed by atoms with Crippen molar-refractivity contribution in [3.8, 4) is 0 Å². The van der Waals surface area contributed by atoms with Gasteiger partial charge < -0.3 is 10.2 Å². The van der Waals surface area contributed by atoms with Crippen molar-refractivity contribution in [2.75, 3.05) is 32.8 Å². The molecule has 0 aromatic heterocycles. The average molecular weight is 173 g/mol. The standard InChI is InChI=1S/C7H14N2OP/c1-11(2)7(10)9-5-3-8-4-6-9/h8H,1,3-6H2,2H3/q+1. The van der Waals surface area contributed by atoms with Crippen molar-refractivity contribution < 1.29 is 4.79 Å². The minimum Gasteiger partial charge on any atom is -0.313 e. The van der Waals surface area contributed by atoms with Gasteiger partial charge in [0.1, 0.15) is 6.66 Å². The lowest BCUT2D eigenvalue weighted by molar-refractivity contribution is 0.214. The van der Waals surface area contributed by atoms with Crippen molar-refractivity contribution in [3.63, 3.8) is 0 Å². The van der Waals surface area contributed by atoms with Gasteiger partial charge in [-0.05, 0) is 0 Å². The Morgan fingerprint density at radius 3 is 2.55 bits per heavy atom. The zero-order valence-corrected chi connectivity index (χ0v) is 7.73. The van der Waals surface area contributed by atoms with Gasteiger partial charge in [-0.3, -0.25) is 0 Å². The quantitative estimate of drug-likeness (QED) is 0.587. The predicted molar refractivity (Wildman–Crippen MR) is 49.8 cm³/mol. The number of rotatable bonds is 1. The van der Waals surface area contributed by atoms with Crippen LogP contribution in [0.1, 0.15) is 0 Å². The Hall–Kier alpha value is -0.400. The molecule has 1 N–H and O–H groups in total. The molecule has 0 spiro atoms. The number of amides is 1. The topological polar surface area (TPSA) is 32.3 Å². The number of nitrogens with zero attached hydrogens (tertiary/aromatic N) is 1. The lowest BCUT2D eigenvalue weighted by Gasteiger charge is -2.23. The van der Waals surface area contributed by atoms with Gasteiger partial charge in [-0.15, -0.1) is 0 Å². The van der Waals surface area contributed by atoms with Crippen molar-refractivity contribution in [2.45, 2.75) is 0 Å². The summed E-state index contributed by atoms with van der Waals surface area (Å²) in [6, 6.07) is 0. The van der Waals surface area contributed by atoms with Crippen LogP contribution in [-0.2, 0) is 0 Å². The van der Waals surface area contributed by atoms with Crippen molar-refractivity contribution in [1.82, 2.24) is 10.2 Å². The van der Waals surface area contributed by atoms with Gasteiger partial charge in [-0.1, -0.05) is 0 Å². The smallest absolute Gasteiger partial charge is 0.313 e. The minimum absolute atomic E-state index is 0.238. The summed E-state index contributed by atoms with van der Waals surface area (Å²) in [6.07, 6.45) is 3.77. The van der Waals surface area contributed by atoms with Gasteiger partial charge in [0.2, 0.25) is 0 Å². The molecule has 0 bridgehead atoms. The van der Waals surface area contributed by atoms with E-state index >= 15 is 0 Å². The summed E-state index contributed by atoms with van der Waals surface area (Å²) < 4.78 is 0. The van der Waals surface area contributed by atoms with Crippen LogP contribution in [-0.4, -0.2) is 49.7 Å². The summed E-state index contributed by atoms with van der Waals surface area (Å²) in [7, 11) is -0.675. The van der Waals surface area contributed by atoms with Gasteiger partial charge >= 0.3 is 5.65 Å². The highest BCUT2D eigenvalue weighted by molar-refractivity contribution is 7.71. The third-order valence-electron chi connectivity index (χ3n) is 1.71. The third kappa shape index (κ3) is 2.28. The first-order valence-electron chi connectivity index (χ1n) is 3.75. The van der Waals surface area contributed by atoms with E-state index in [2.05, 4.69) is 11.6 Å². The van der Waals surface area contributed by atoms with Crippen molar-refractivity contribution in [1.29, 1.82) is 0 Å². The zero-order chi connectivity index (χ0) is 8.27. The molecular formula is C7H14N2OP+. The number of piperazine rings is 1. The molecule has 0 aromatic rings. The molecule has 62 valence electrons. The van der Waals surface area contributed by atoms with Crippen LogP contribution in [0.3, 0.4) is 0 Å². The molecule has 1 fully saturated rings. The molecule has 1 amide bonds. The van der Waals surface area contributed by atoms with E-state index in [-0.39, 0.29) is 5.65 Å². The SMILES string of the molecule is C=[P+](C)C(=O)N1CCNCC1. The average Bonchev–Trinajstić information content (AvgIpc) is 2.05. The normalized spacial score (nSPS) is 19.7. The summed E-state index contributed by atoms with van der Waals surface area (Å²) in [5.41, 5.74) is 0.238. The van der Waals surface area contributed by atoms with Crippen molar-refractivity contribution in [2.24, 2.45) is 0 Å². The maximum absolute atomic E-state index is 11.4. The maximum atomic E-state index is 11.4. The second-order valence-electron chi connectivity index (χ2n) is 2.72. The molecule has 4 heteroatoms. The highest BCUT2D eigenvalue weighted by atomic mass is 31.1. The number of hydrogen-bond acceptors (Lipinski definition) is 2. The molecule has 0 saturated carbocycles. The van der Waals surface area contributed by atoms with Gasteiger partial charge in [0.25, 0.3) is 0 Å². The molecule has 0 radical (unpaired) electrons. The molecule has 11 heavy (non-hydrogen) atoms. The molecule has 1 aliphatic rings. The summed E-state index contributed by atoms with van der Waals surface area (Å²) in [5, 5.41) is 3.20. The van der Waals surface area contributed by atoms with Crippen LogP contribution in [0.25, 0.3) is 0 Å². The molecule has 1 unspecified atom stereocenters. The Kier molecular flexibility index (Phi) is 3.03. The third-order valence-corrected chi connectivity index (χ3v) is 2.65. The summed E-state index contributed by atoms with van der Waals surface area (Å²) in [6.45, 7) is 5.45. The van der Waals surface area contributed by atoms with Crippen molar-refractivity contribution in [3.05, 3.63) is 0 Å². The Labute approximate surface area is 68.2 Å². The van der Waals surface area contributed by atoms with E-state index in [1.165, 1.54) is 0 Å². The Bertz CT molecular complexity index is 175. The number of carbonyl (C=O) groups is 1. The Morgan fingerprint density at radius 1 is 1.55 bits per heavy atom. The van der Waals surface area contributed by atoms with Gasteiger partial charge in [-0.25, -0.2) is 4.79 Å². The van der Waals surface area contributed by atoms with E-state index in [0.29, 0.717) is 0 Å². The number of carbonyl (C=O) groups excluding carboxylic acids is 1. The van der Waals surface area contributed by atoms with E-state index in [4.69, 9.17) is 0 Å². The van der Waals surface area contributed by atoms with Crippen LogP contribution >= 0.6 is 7.55 Å². The van der Waals surface area contributed by atoms with Crippen LogP contribution in [0.5, 0.6) is 0 Å². The highest BCUT2D eigenvalue weighted by Crippen LogP contribution is 2.18. The largest absolute Gasteiger partial charge is 0.418 e. The summed E-state index contributed by atoms with van der Waals surface area (Å²) >= 11 is 0. The monoisotopic (exact) mass is 173 g/mol. The second kappa shape index (κ2) is 3.84. The fourth-order valence-corrected chi connectivity index (χ4v) is 1.78. The molecule has 0 aromatic carbocycles. The highest BCUT2D eigenvalue weighted by Gasteiger charge is 2.23. The van der Waals surface area contributed by atoms with Crippen LogP contribution in [0.4, 0.5) is 4.79 Å². The maximum Gasteiger partial charge on any atom is 0.418 e. The molecule has 0 aliphatic carbocycles. The zero-order valence-electron chi connectivity index (χ0n) is 6.84. The van der Waals surface area contributed by atoms with Crippen LogP contribution in [0.2, 0.25) is 0 Å². The molecular weight excluding hydrogens is 159 g/mol. The van der Waals surface area contributed by atoms with E-state index in [0.717, 1.165) is 26.2 Å². The van der Waals surface area contributed by atoms with Gasteiger partial charge in [-0.2, -0.15) is 0 Å². The predicted octanol–water partition coefficient (Wildman–Crippen LogP) is 0.555. The first-order chi connectivity index (χ1) is 5.22. The fourth-order valence-electron chi connectivity index (χ4n) is 1.10. The van der Waals surface area contributed by atoms with E-state index in [1.807, 2.05) is 11.6 Å². The Morgan fingerprint density at radius 2 is 2.09 bits per heavy atom. The molecule has 1 saturated heterocycles.